The van der Waals surface area contributed by atoms with E-state index in [2.05, 4.69) is 50.8 Å². The molecule has 1 fully saturated rings. The van der Waals surface area contributed by atoms with E-state index < -0.39 is 0 Å². The second kappa shape index (κ2) is 9.17. The molecule has 2 aromatic carbocycles. The predicted molar refractivity (Wildman–Crippen MR) is 142 cm³/mol. The van der Waals surface area contributed by atoms with Crippen LogP contribution in [0.15, 0.2) is 73.2 Å². The third kappa shape index (κ3) is 4.40. The van der Waals surface area contributed by atoms with Crippen LogP contribution in [0.2, 0.25) is 5.02 Å². The number of hydrogen-bond donors (Lipinski definition) is 2. The Kier molecular flexibility index (Phi) is 5.72. The minimum Gasteiger partial charge on any atom is -0.366 e. The average Bonchev–Trinajstić information content (AvgIpc) is 3.53. The van der Waals surface area contributed by atoms with E-state index in [1.807, 2.05) is 41.7 Å². The van der Waals surface area contributed by atoms with Gasteiger partial charge in [0.1, 0.15) is 23.2 Å². The molecular formula is C27H26ClN7. The number of halogens is 1. The molecule has 3 aromatic heterocycles. The Morgan fingerprint density at radius 2 is 1.91 bits per heavy atom. The highest BCUT2D eigenvalue weighted by atomic mass is 35.5. The van der Waals surface area contributed by atoms with Crippen molar-refractivity contribution < 1.29 is 0 Å². The zero-order chi connectivity index (χ0) is 23.8. The molecule has 1 saturated heterocycles. The van der Waals surface area contributed by atoms with Gasteiger partial charge in [-0.1, -0.05) is 54.1 Å². The molecule has 176 valence electrons. The SMILES string of the molecule is Cc1cccc(Cl)c1Nc1nc2ccc(N[C@H]3CCN(Cc4ccccc4)C3)nc2n2cncc12. The molecule has 1 aliphatic rings. The van der Waals surface area contributed by atoms with Crippen LogP contribution >= 0.6 is 11.6 Å². The zero-order valence-corrected chi connectivity index (χ0v) is 20.2. The van der Waals surface area contributed by atoms with Gasteiger partial charge in [0.15, 0.2) is 11.5 Å². The van der Waals surface area contributed by atoms with Gasteiger partial charge in [-0.15, -0.1) is 0 Å². The van der Waals surface area contributed by atoms with Crippen molar-refractivity contribution in [2.75, 3.05) is 23.7 Å². The van der Waals surface area contributed by atoms with Gasteiger partial charge in [-0.2, -0.15) is 0 Å². The second-order valence-corrected chi connectivity index (χ2v) is 9.46. The van der Waals surface area contributed by atoms with Gasteiger partial charge in [0, 0.05) is 25.7 Å². The summed E-state index contributed by atoms with van der Waals surface area (Å²) in [6.45, 7) is 5.06. The van der Waals surface area contributed by atoms with Crippen LogP contribution in [0.1, 0.15) is 17.5 Å². The molecule has 0 radical (unpaired) electrons. The maximum Gasteiger partial charge on any atom is 0.166 e. The summed E-state index contributed by atoms with van der Waals surface area (Å²) < 4.78 is 1.97. The van der Waals surface area contributed by atoms with E-state index in [9.17, 15) is 0 Å². The summed E-state index contributed by atoms with van der Waals surface area (Å²) in [5, 5.41) is 7.69. The lowest BCUT2D eigenvalue weighted by Crippen LogP contribution is -2.26. The number of hydrogen-bond acceptors (Lipinski definition) is 6. The highest BCUT2D eigenvalue weighted by Gasteiger charge is 2.23. The number of nitrogens with zero attached hydrogens (tertiary/aromatic N) is 5. The van der Waals surface area contributed by atoms with Crippen LogP contribution in [-0.2, 0) is 6.54 Å². The Labute approximate surface area is 208 Å². The maximum atomic E-state index is 6.44. The Morgan fingerprint density at radius 1 is 1.03 bits per heavy atom. The van der Waals surface area contributed by atoms with Crippen LogP contribution in [-0.4, -0.2) is 43.4 Å². The number of anilines is 3. The lowest BCUT2D eigenvalue weighted by molar-refractivity contribution is 0.328. The van der Waals surface area contributed by atoms with Crippen LogP contribution in [0, 0.1) is 6.92 Å². The molecule has 0 amide bonds. The monoisotopic (exact) mass is 483 g/mol. The van der Waals surface area contributed by atoms with Crippen LogP contribution in [0.4, 0.5) is 17.3 Å². The number of benzene rings is 2. The molecule has 1 aliphatic heterocycles. The van der Waals surface area contributed by atoms with E-state index in [1.165, 1.54) is 5.56 Å². The molecule has 7 nitrogen and oxygen atoms in total. The lowest BCUT2D eigenvalue weighted by atomic mass is 10.2. The Hall–Kier alpha value is -3.68. The number of para-hydroxylation sites is 1. The third-order valence-corrected chi connectivity index (χ3v) is 6.85. The van der Waals surface area contributed by atoms with Gasteiger partial charge in [-0.25, -0.2) is 15.0 Å². The topological polar surface area (TPSA) is 70.4 Å². The maximum absolute atomic E-state index is 6.44. The number of aryl methyl sites for hydroxylation is 1. The number of nitrogens with one attached hydrogen (secondary N) is 2. The Bertz CT molecular complexity index is 1480. The summed E-state index contributed by atoms with van der Waals surface area (Å²) in [6, 6.07) is 20.8. The molecule has 0 spiro atoms. The summed E-state index contributed by atoms with van der Waals surface area (Å²) >= 11 is 6.44. The molecule has 0 saturated carbocycles. The van der Waals surface area contributed by atoms with E-state index >= 15 is 0 Å². The summed E-state index contributed by atoms with van der Waals surface area (Å²) in [5.41, 5.74) is 5.64. The molecule has 4 heterocycles. The zero-order valence-electron chi connectivity index (χ0n) is 19.4. The average molecular weight is 484 g/mol. The Morgan fingerprint density at radius 3 is 2.77 bits per heavy atom. The van der Waals surface area contributed by atoms with Crippen LogP contribution in [0.25, 0.3) is 16.7 Å². The van der Waals surface area contributed by atoms with Crippen molar-refractivity contribution in [3.8, 4) is 0 Å². The van der Waals surface area contributed by atoms with E-state index in [1.54, 1.807) is 12.5 Å². The van der Waals surface area contributed by atoms with E-state index in [-0.39, 0.29) is 0 Å². The second-order valence-electron chi connectivity index (χ2n) is 9.06. The molecule has 8 heteroatoms. The molecule has 0 bridgehead atoms. The smallest absolute Gasteiger partial charge is 0.166 e. The normalized spacial score (nSPS) is 16.2. The number of pyridine rings is 1. The first-order valence-corrected chi connectivity index (χ1v) is 12.2. The Balaban J connectivity index is 1.24. The number of likely N-dealkylation sites (tertiary alicyclic amines) is 1. The molecule has 1 atom stereocenters. The van der Waals surface area contributed by atoms with Gasteiger partial charge in [0.05, 0.1) is 16.9 Å². The molecule has 2 N–H and O–H groups in total. The fourth-order valence-corrected chi connectivity index (χ4v) is 5.02. The molecule has 0 aliphatic carbocycles. The van der Waals surface area contributed by atoms with Gasteiger partial charge in [-0.05, 0) is 42.7 Å². The molecule has 5 aromatic rings. The van der Waals surface area contributed by atoms with Crippen molar-refractivity contribution in [3.63, 3.8) is 0 Å². The van der Waals surface area contributed by atoms with Crippen molar-refractivity contribution in [1.82, 2.24) is 24.3 Å². The van der Waals surface area contributed by atoms with Crippen molar-refractivity contribution >= 4 is 45.6 Å². The number of rotatable bonds is 6. The molecular weight excluding hydrogens is 458 g/mol. The molecule has 35 heavy (non-hydrogen) atoms. The fraction of sp³-hybridized carbons (Fsp3) is 0.222. The number of imidazole rings is 1. The summed E-state index contributed by atoms with van der Waals surface area (Å²) in [6.07, 6.45) is 4.66. The van der Waals surface area contributed by atoms with Crippen molar-refractivity contribution in [3.05, 3.63) is 89.3 Å². The number of fused-ring (bicyclic) bond motifs is 3. The van der Waals surface area contributed by atoms with Crippen molar-refractivity contribution in [2.24, 2.45) is 0 Å². The highest BCUT2D eigenvalue weighted by molar-refractivity contribution is 6.33. The van der Waals surface area contributed by atoms with Crippen LogP contribution in [0.5, 0.6) is 0 Å². The summed E-state index contributed by atoms with van der Waals surface area (Å²) in [4.78, 5) is 16.6. The summed E-state index contributed by atoms with van der Waals surface area (Å²) in [7, 11) is 0. The van der Waals surface area contributed by atoms with E-state index in [0.717, 1.165) is 59.8 Å². The van der Waals surface area contributed by atoms with Crippen LogP contribution < -0.4 is 10.6 Å². The third-order valence-electron chi connectivity index (χ3n) is 6.53. The first-order chi connectivity index (χ1) is 17.1. The first kappa shape index (κ1) is 21.8. The fourth-order valence-electron chi connectivity index (χ4n) is 4.75. The van der Waals surface area contributed by atoms with Gasteiger partial charge in [0.2, 0.25) is 0 Å². The highest BCUT2D eigenvalue weighted by Crippen LogP contribution is 2.31. The standard InChI is InChI=1S/C27H26ClN7/c1-18-6-5-9-21(28)25(18)33-26-23-14-29-17-35(23)27-22(31-26)10-11-24(32-27)30-20-12-13-34(16-20)15-19-7-3-2-4-8-19/h2-11,14,17,20H,12-13,15-16H2,1H3,(H,30,32)(H,31,33)/t20-/m0/s1. The quantitative estimate of drug-likeness (QED) is 0.324. The first-order valence-electron chi connectivity index (χ1n) is 11.8. The van der Waals surface area contributed by atoms with E-state index in [4.69, 9.17) is 21.6 Å². The van der Waals surface area contributed by atoms with Crippen molar-refractivity contribution in [2.45, 2.75) is 25.9 Å². The van der Waals surface area contributed by atoms with Crippen LogP contribution in [0.3, 0.4) is 0 Å². The molecule has 6 rings (SSSR count). The van der Waals surface area contributed by atoms with Gasteiger partial charge in [-0.3, -0.25) is 9.30 Å². The lowest BCUT2D eigenvalue weighted by Gasteiger charge is -2.17. The minimum atomic E-state index is 0.360. The van der Waals surface area contributed by atoms with Gasteiger partial charge in [0.25, 0.3) is 0 Å². The van der Waals surface area contributed by atoms with Gasteiger partial charge < -0.3 is 10.6 Å². The number of aromatic nitrogens is 4. The van der Waals surface area contributed by atoms with Gasteiger partial charge >= 0.3 is 0 Å². The predicted octanol–water partition coefficient (Wildman–Crippen LogP) is 5.67. The molecule has 0 unspecified atom stereocenters. The minimum absolute atomic E-state index is 0.360. The largest absolute Gasteiger partial charge is 0.366 e. The van der Waals surface area contributed by atoms with Crippen molar-refractivity contribution in [1.29, 1.82) is 0 Å². The van der Waals surface area contributed by atoms with E-state index in [0.29, 0.717) is 16.9 Å². The summed E-state index contributed by atoms with van der Waals surface area (Å²) in [5.74, 6) is 1.55.